The molecule has 1 aromatic carbocycles. The molecule has 1 heterocycles. The molecule has 2 rings (SSSR count). The average Bonchev–Trinajstić information content (AvgIpc) is 2.48. The molecule has 0 aliphatic carbocycles. The van der Waals surface area contributed by atoms with Gasteiger partial charge in [-0.05, 0) is 37.1 Å². The van der Waals surface area contributed by atoms with Crippen LogP contribution in [0.4, 0.5) is 0 Å². The summed E-state index contributed by atoms with van der Waals surface area (Å²) in [6, 6.07) is 5.95. The molecule has 1 aromatic rings. The summed E-state index contributed by atoms with van der Waals surface area (Å²) in [6.07, 6.45) is 2.90. The van der Waals surface area contributed by atoms with Crippen LogP contribution < -0.4 is 4.74 Å². The molecular weight excluding hydrogens is 280 g/mol. The van der Waals surface area contributed by atoms with Crippen molar-refractivity contribution in [2.75, 3.05) is 20.2 Å². The molecule has 0 bridgehead atoms. The predicted octanol–water partition coefficient (Wildman–Crippen LogP) is 1.18. The molecule has 1 atom stereocenters. The summed E-state index contributed by atoms with van der Waals surface area (Å²) < 4.78 is 31.3. The standard InChI is InChI=1S/C13H16N2O4S/c1-19-12-4-6-13(7-5-12)20(17,18)15-8-2-3-11(9-15)14-10-16/h4-7,11H,2-3,8-9H2,1H3. The molecule has 7 heteroatoms. The highest BCUT2D eigenvalue weighted by molar-refractivity contribution is 7.89. The maximum Gasteiger partial charge on any atom is 0.243 e. The summed E-state index contributed by atoms with van der Waals surface area (Å²) in [4.78, 5) is 14.1. The van der Waals surface area contributed by atoms with E-state index in [0.717, 1.165) is 0 Å². The Hall–Kier alpha value is -1.69. The van der Waals surface area contributed by atoms with Crippen molar-refractivity contribution in [2.24, 2.45) is 4.99 Å². The van der Waals surface area contributed by atoms with Crippen LogP contribution in [-0.2, 0) is 14.8 Å². The fourth-order valence-electron chi connectivity index (χ4n) is 2.22. The quantitative estimate of drug-likeness (QED) is 0.617. The number of carbonyl (C=O) groups excluding carboxylic acids is 1. The van der Waals surface area contributed by atoms with E-state index in [4.69, 9.17) is 4.74 Å². The smallest absolute Gasteiger partial charge is 0.243 e. The van der Waals surface area contributed by atoms with Crippen molar-refractivity contribution in [2.45, 2.75) is 23.8 Å². The molecule has 108 valence electrons. The third kappa shape index (κ3) is 3.07. The maximum absolute atomic E-state index is 12.5. The number of isocyanates is 1. The van der Waals surface area contributed by atoms with Crippen molar-refractivity contribution in [3.63, 3.8) is 0 Å². The Balaban J connectivity index is 2.22. The van der Waals surface area contributed by atoms with Crippen LogP contribution in [-0.4, -0.2) is 45.0 Å². The van der Waals surface area contributed by atoms with E-state index >= 15 is 0 Å². The second-order valence-corrected chi connectivity index (χ2v) is 6.49. The van der Waals surface area contributed by atoms with E-state index in [2.05, 4.69) is 4.99 Å². The van der Waals surface area contributed by atoms with E-state index in [1.807, 2.05) is 0 Å². The summed E-state index contributed by atoms with van der Waals surface area (Å²) >= 11 is 0. The molecule has 1 aliphatic heterocycles. The second kappa shape index (κ2) is 6.17. The van der Waals surface area contributed by atoms with Gasteiger partial charge in [0.05, 0.1) is 18.0 Å². The maximum atomic E-state index is 12.5. The lowest BCUT2D eigenvalue weighted by molar-refractivity contribution is 0.316. The first-order valence-corrected chi connectivity index (χ1v) is 7.73. The van der Waals surface area contributed by atoms with Gasteiger partial charge < -0.3 is 4.74 Å². The topological polar surface area (TPSA) is 76.0 Å². The van der Waals surface area contributed by atoms with E-state index in [1.165, 1.54) is 29.6 Å². The molecule has 0 saturated carbocycles. The fraction of sp³-hybridized carbons (Fsp3) is 0.462. The molecule has 1 unspecified atom stereocenters. The van der Waals surface area contributed by atoms with Crippen molar-refractivity contribution >= 4 is 16.1 Å². The van der Waals surface area contributed by atoms with E-state index in [9.17, 15) is 13.2 Å². The Morgan fingerprint density at radius 2 is 2.05 bits per heavy atom. The third-order valence-electron chi connectivity index (χ3n) is 3.29. The van der Waals surface area contributed by atoms with Crippen LogP contribution in [0.3, 0.4) is 0 Å². The van der Waals surface area contributed by atoms with Gasteiger partial charge in [-0.15, -0.1) is 0 Å². The van der Waals surface area contributed by atoms with Gasteiger partial charge in [0, 0.05) is 13.1 Å². The number of sulfonamides is 1. The Morgan fingerprint density at radius 1 is 1.35 bits per heavy atom. The first-order valence-electron chi connectivity index (χ1n) is 6.29. The average molecular weight is 296 g/mol. The summed E-state index contributed by atoms with van der Waals surface area (Å²) in [5.74, 6) is 0.603. The first kappa shape index (κ1) is 14.7. The van der Waals surface area contributed by atoms with Crippen molar-refractivity contribution in [1.82, 2.24) is 4.31 Å². The number of hydrogen-bond acceptors (Lipinski definition) is 5. The van der Waals surface area contributed by atoms with Gasteiger partial charge >= 0.3 is 0 Å². The zero-order valence-corrected chi connectivity index (χ0v) is 12.0. The van der Waals surface area contributed by atoms with Gasteiger partial charge in [0.1, 0.15) is 5.75 Å². The van der Waals surface area contributed by atoms with Gasteiger partial charge in [0.25, 0.3) is 0 Å². The summed E-state index contributed by atoms with van der Waals surface area (Å²) in [5.41, 5.74) is 0. The van der Waals surface area contributed by atoms with Crippen LogP contribution in [0.25, 0.3) is 0 Å². The molecule has 1 saturated heterocycles. The van der Waals surface area contributed by atoms with Crippen molar-refractivity contribution in [1.29, 1.82) is 0 Å². The Morgan fingerprint density at radius 3 is 2.65 bits per heavy atom. The van der Waals surface area contributed by atoms with Gasteiger partial charge in [0.15, 0.2) is 0 Å². The van der Waals surface area contributed by atoms with Crippen LogP contribution in [0.5, 0.6) is 5.75 Å². The minimum Gasteiger partial charge on any atom is -0.497 e. The molecule has 1 aliphatic rings. The fourth-order valence-corrected chi connectivity index (χ4v) is 3.73. The molecule has 20 heavy (non-hydrogen) atoms. The molecule has 0 radical (unpaired) electrons. The largest absolute Gasteiger partial charge is 0.497 e. The molecular formula is C13H16N2O4S. The summed E-state index contributed by atoms with van der Waals surface area (Å²) in [7, 11) is -2.03. The zero-order valence-electron chi connectivity index (χ0n) is 11.2. The van der Waals surface area contributed by atoms with Crippen LogP contribution >= 0.6 is 0 Å². The number of hydrogen-bond donors (Lipinski definition) is 0. The molecule has 6 nitrogen and oxygen atoms in total. The minimum absolute atomic E-state index is 0.217. The number of methoxy groups -OCH3 is 1. The van der Waals surface area contributed by atoms with Gasteiger partial charge in [-0.2, -0.15) is 4.31 Å². The molecule has 0 spiro atoms. The highest BCUT2D eigenvalue weighted by atomic mass is 32.2. The zero-order chi connectivity index (χ0) is 14.6. The SMILES string of the molecule is COc1ccc(S(=O)(=O)N2CCCC(N=C=O)C2)cc1. The van der Waals surface area contributed by atoms with Gasteiger partial charge in [-0.25, -0.2) is 18.2 Å². The minimum atomic E-state index is -3.55. The second-order valence-electron chi connectivity index (χ2n) is 4.56. The number of ether oxygens (including phenoxy) is 1. The van der Waals surface area contributed by atoms with Crippen molar-refractivity contribution < 1.29 is 17.9 Å². The molecule has 1 fully saturated rings. The predicted molar refractivity (Wildman–Crippen MR) is 72.9 cm³/mol. The molecule has 0 N–H and O–H groups in total. The van der Waals surface area contributed by atoms with E-state index in [1.54, 1.807) is 12.1 Å². The lowest BCUT2D eigenvalue weighted by Crippen LogP contribution is -2.41. The summed E-state index contributed by atoms with van der Waals surface area (Å²) in [5, 5.41) is 0. The van der Waals surface area contributed by atoms with Crippen LogP contribution in [0.15, 0.2) is 34.2 Å². The highest BCUT2D eigenvalue weighted by Gasteiger charge is 2.30. The van der Waals surface area contributed by atoms with Gasteiger partial charge in [-0.3, -0.25) is 0 Å². The molecule has 0 aromatic heterocycles. The Kier molecular flexibility index (Phi) is 4.54. The first-order chi connectivity index (χ1) is 9.57. The lowest BCUT2D eigenvalue weighted by atomic mass is 10.1. The van der Waals surface area contributed by atoms with E-state index in [0.29, 0.717) is 25.1 Å². The highest BCUT2D eigenvalue weighted by Crippen LogP contribution is 2.23. The van der Waals surface area contributed by atoms with Crippen molar-refractivity contribution in [3.05, 3.63) is 24.3 Å². The van der Waals surface area contributed by atoms with Crippen LogP contribution in [0.2, 0.25) is 0 Å². The lowest BCUT2D eigenvalue weighted by Gasteiger charge is -2.29. The van der Waals surface area contributed by atoms with Gasteiger partial charge in [-0.1, -0.05) is 0 Å². The van der Waals surface area contributed by atoms with Crippen molar-refractivity contribution in [3.8, 4) is 5.75 Å². The number of nitrogens with zero attached hydrogens (tertiary/aromatic N) is 2. The summed E-state index contributed by atoms with van der Waals surface area (Å²) in [6.45, 7) is 0.669. The Bertz CT molecular complexity index is 606. The van der Waals surface area contributed by atoms with E-state index in [-0.39, 0.29) is 17.5 Å². The number of piperidine rings is 1. The number of aliphatic imine (C=N–C) groups is 1. The van der Waals surface area contributed by atoms with E-state index < -0.39 is 10.0 Å². The monoisotopic (exact) mass is 296 g/mol. The normalized spacial score (nSPS) is 20.1. The number of rotatable bonds is 4. The van der Waals surface area contributed by atoms with Crippen LogP contribution in [0, 0.1) is 0 Å². The number of benzene rings is 1. The van der Waals surface area contributed by atoms with Gasteiger partial charge in [0.2, 0.25) is 16.1 Å². The van der Waals surface area contributed by atoms with Crippen LogP contribution in [0.1, 0.15) is 12.8 Å². The Labute approximate surface area is 118 Å². The molecule has 0 amide bonds. The third-order valence-corrected chi connectivity index (χ3v) is 5.17.